The van der Waals surface area contributed by atoms with Gasteiger partial charge in [-0.2, -0.15) is 0 Å². The first-order valence-electron chi connectivity index (χ1n) is 8.79. The van der Waals surface area contributed by atoms with Crippen LogP contribution in [0.25, 0.3) is 0 Å². The van der Waals surface area contributed by atoms with Crippen LogP contribution in [-0.4, -0.2) is 47.1 Å². The Morgan fingerprint density at radius 1 is 1.41 bits per heavy atom. The summed E-state index contributed by atoms with van der Waals surface area (Å²) in [6.45, 7) is 3.27. The number of nitrogens with zero attached hydrogens (tertiary/aromatic N) is 1. The largest absolute Gasteiger partial charge is 0.416 e. The van der Waals surface area contributed by atoms with E-state index in [1.807, 2.05) is 4.90 Å². The number of rotatable bonds is 6. The third-order valence-electron chi connectivity index (χ3n) is 4.60. The van der Waals surface area contributed by atoms with Crippen LogP contribution in [0.2, 0.25) is 0 Å². The Labute approximate surface area is 159 Å². The molecule has 8 nitrogen and oxygen atoms in total. The molecular weight excluding hydrogens is 370 g/mol. The standard InChI is InChI=1S/C18H21N3O5S/c1-11(22)15-7-13(10-27-15)17(24)21-6-2-3-12(8-21)4-5-19-16(23)14-9-26-18(25)20-14/h7,9-10,12H,2-6,8H2,1H3,(H,19,23)(H,20,25)/t12-/m1/s1. The minimum atomic E-state index is -0.664. The number of thiophene rings is 1. The van der Waals surface area contributed by atoms with E-state index in [1.54, 1.807) is 11.4 Å². The predicted molar refractivity (Wildman–Crippen MR) is 99.2 cm³/mol. The van der Waals surface area contributed by atoms with Crippen molar-refractivity contribution in [2.75, 3.05) is 19.6 Å². The van der Waals surface area contributed by atoms with E-state index in [2.05, 4.69) is 14.7 Å². The summed E-state index contributed by atoms with van der Waals surface area (Å²) in [6.07, 6.45) is 3.72. The zero-order valence-corrected chi connectivity index (χ0v) is 15.8. The fraction of sp³-hybridized carbons (Fsp3) is 0.444. The molecule has 0 bridgehead atoms. The highest BCUT2D eigenvalue weighted by Gasteiger charge is 2.25. The van der Waals surface area contributed by atoms with Crippen LogP contribution < -0.4 is 11.1 Å². The molecule has 2 N–H and O–H groups in total. The van der Waals surface area contributed by atoms with E-state index in [4.69, 9.17) is 0 Å². The summed E-state index contributed by atoms with van der Waals surface area (Å²) in [5, 5.41) is 4.47. The van der Waals surface area contributed by atoms with Crippen LogP contribution >= 0.6 is 11.3 Å². The molecule has 9 heteroatoms. The average molecular weight is 391 g/mol. The van der Waals surface area contributed by atoms with Crippen molar-refractivity contribution in [1.29, 1.82) is 0 Å². The maximum atomic E-state index is 12.7. The van der Waals surface area contributed by atoms with Crippen LogP contribution in [0, 0.1) is 5.92 Å². The molecule has 27 heavy (non-hydrogen) atoms. The number of likely N-dealkylation sites (tertiary alicyclic amines) is 1. The maximum Gasteiger partial charge on any atom is 0.416 e. The van der Waals surface area contributed by atoms with E-state index in [0.29, 0.717) is 30.1 Å². The zero-order chi connectivity index (χ0) is 19.4. The van der Waals surface area contributed by atoms with Crippen molar-refractivity contribution in [1.82, 2.24) is 15.2 Å². The summed E-state index contributed by atoms with van der Waals surface area (Å²) >= 11 is 1.29. The van der Waals surface area contributed by atoms with Crippen LogP contribution in [0.5, 0.6) is 0 Å². The van der Waals surface area contributed by atoms with Gasteiger partial charge < -0.3 is 14.6 Å². The molecule has 1 saturated heterocycles. The molecule has 1 aliphatic heterocycles. The molecule has 0 saturated carbocycles. The van der Waals surface area contributed by atoms with Gasteiger partial charge in [-0.15, -0.1) is 11.3 Å². The summed E-state index contributed by atoms with van der Waals surface area (Å²) in [5.41, 5.74) is 0.655. The van der Waals surface area contributed by atoms with Crippen molar-refractivity contribution in [3.63, 3.8) is 0 Å². The van der Waals surface area contributed by atoms with Gasteiger partial charge in [-0.05, 0) is 38.2 Å². The van der Waals surface area contributed by atoms with E-state index in [1.165, 1.54) is 18.3 Å². The second kappa shape index (κ2) is 8.34. The lowest BCUT2D eigenvalue weighted by molar-refractivity contribution is 0.0666. The fourth-order valence-electron chi connectivity index (χ4n) is 3.18. The molecule has 1 aliphatic rings. The molecule has 3 heterocycles. The summed E-state index contributed by atoms with van der Waals surface area (Å²) in [5.74, 6) is -0.853. The summed E-state index contributed by atoms with van der Waals surface area (Å²) in [7, 11) is 0. The minimum Gasteiger partial charge on any atom is -0.416 e. The van der Waals surface area contributed by atoms with E-state index >= 15 is 0 Å². The van der Waals surface area contributed by atoms with Gasteiger partial charge in [0.15, 0.2) is 5.78 Å². The van der Waals surface area contributed by atoms with Gasteiger partial charge in [0.1, 0.15) is 12.0 Å². The second-order valence-corrected chi connectivity index (χ2v) is 7.53. The number of oxazole rings is 1. The molecule has 0 spiro atoms. The van der Waals surface area contributed by atoms with Gasteiger partial charge in [-0.1, -0.05) is 0 Å². The van der Waals surface area contributed by atoms with Crippen molar-refractivity contribution in [2.24, 2.45) is 5.92 Å². The molecule has 0 unspecified atom stereocenters. The SMILES string of the molecule is CC(=O)c1cc(C(=O)N2CCC[C@H](CCNC(=O)c3coc(=O)[nH]3)C2)cs1. The second-order valence-electron chi connectivity index (χ2n) is 6.62. The van der Waals surface area contributed by atoms with E-state index in [9.17, 15) is 19.2 Å². The number of amides is 2. The van der Waals surface area contributed by atoms with Gasteiger partial charge in [-0.3, -0.25) is 19.4 Å². The van der Waals surface area contributed by atoms with E-state index in [-0.39, 0.29) is 29.2 Å². The van der Waals surface area contributed by atoms with Crippen molar-refractivity contribution in [2.45, 2.75) is 26.2 Å². The van der Waals surface area contributed by atoms with Crippen LogP contribution in [-0.2, 0) is 0 Å². The number of piperidine rings is 1. The predicted octanol–water partition coefficient (Wildman–Crippen LogP) is 1.90. The number of aromatic amines is 1. The van der Waals surface area contributed by atoms with Crippen LogP contribution in [0.1, 0.15) is 56.7 Å². The Morgan fingerprint density at radius 2 is 2.22 bits per heavy atom. The summed E-state index contributed by atoms with van der Waals surface area (Å²) in [4.78, 5) is 51.6. The van der Waals surface area contributed by atoms with Gasteiger partial charge in [0.2, 0.25) is 0 Å². The molecule has 0 aliphatic carbocycles. The molecular formula is C18H21N3O5S. The third-order valence-corrected chi connectivity index (χ3v) is 5.63. The molecule has 2 aromatic rings. The summed E-state index contributed by atoms with van der Waals surface area (Å²) in [6, 6.07) is 1.66. The number of nitrogens with one attached hydrogen (secondary N) is 2. The Hall–Kier alpha value is -2.68. The van der Waals surface area contributed by atoms with Crippen molar-refractivity contribution in [3.8, 4) is 0 Å². The topological polar surface area (TPSA) is 112 Å². The Balaban J connectivity index is 1.50. The van der Waals surface area contributed by atoms with Crippen molar-refractivity contribution in [3.05, 3.63) is 44.4 Å². The lowest BCUT2D eigenvalue weighted by Gasteiger charge is -2.32. The number of hydrogen-bond donors (Lipinski definition) is 2. The number of carbonyl (C=O) groups is 3. The van der Waals surface area contributed by atoms with Gasteiger partial charge in [0.25, 0.3) is 11.8 Å². The Bertz CT molecular complexity index is 897. The molecule has 1 atom stereocenters. The lowest BCUT2D eigenvalue weighted by Crippen LogP contribution is -2.40. The van der Waals surface area contributed by atoms with Crippen molar-refractivity contribution < 1.29 is 18.8 Å². The number of ketones is 1. The Kier molecular flexibility index (Phi) is 5.90. The normalized spacial score (nSPS) is 16.9. The highest BCUT2D eigenvalue weighted by atomic mass is 32.1. The van der Waals surface area contributed by atoms with Gasteiger partial charge in [0.05, 0.1) is 10.4 Å². The zero-order valence-electron chi connectivity index (χ0n) is 14.9. The molecule has 2 aromatic heterocycles. The fourth-order valence-corrected chi connectivity index (χ4v) is 3.96. The maximum absolute atomic E-state index is 12.7. The van der Waals surface area contributed by atoms with E-state index < -0.39 is 5.76 Å². The molecule has 1 fully saturated rings. The van der Waals surface area contributed by atoms with Crippen LogP contribution in [0.3, 0.4) is 0 Å². The molecule has 0 aromatic carbocycles. The molecule has 0 radical (unpaired) electrons. The van der Waals surface area contributed by atoms with E-state index in [0.717, 1.165) is 25.5 Å². The van der Waals surface area contributed by atoms with Gasteiger partial charge in [-0.25, -0.2) is 4.79 Å². The van der Waals surface area contributed by atoms with Crippen molar-refractivity contribution >= 4 is 28.9 Å². The quantitative estimate of drug-likeness (QED) is 0.731. The average Bonchev–Trinajstić information content (AvgIpc) is 3.30. The number of H-pyrrole nitrogens is 1. The minimum absolute atomic E-state index is 0.0368. The van der Waals surface area contributed by atoms with Crippen LogP contribution in [0.15, 0.2) is 26.9 Å². The molecule has 3 rings (SSSR count). The molecule has 2 amide bonds. The lowest BCUT2D eigenvalue weighted by atomic mass is 9.94. The first kappa shape index (κ1) is 19.1. The highest BCUT2D eigenvalue weighted by molar-refractivity contribution is 7.12. The van der Waals surface area contributed by atoms with Gasteiger partial charge >= 0.3 is 5.76 Å². The first-order valence-corrected chi connectivity index (χ1v) is 9.66. The first-order chi connectivity index (χ1) is 12.9. The Morgan fingerprint density at radius 3 is 2.89 bits per heavy atom. The summed E-state index contributed by atoms with van der Waals surface area (Å²) < 4.78 is 4.54. The number of aromatic nitrogens is 1. The smallest absolute Gasteiger partial charge is 0.416 e. The molecule has 144 valence electrons. The number of Topliss-reactive ketones (excluding diaryl/α,β-unsaturated/α-hetero) is 1. The third kappa shape index (κ3) is 4.73. The highest BCUT2D eigenvalue weighted by Crippen LogP contribution is 2.23. The number of hydrogen-bond acceptors (Lipinski definition) is 6. The number of carbonyl (C=O) groups excluding carboxylic acids is 3. The van der Waals surface area contributed by atoms with Gasteiger partial charge in [0, 0.05) is 25.0 Å². The van der Waals surface area contributed by atoms with Crippen LogP contribution in [0.4, 0.5) is 0 Å². The monoisotopic (exact) mass is 391 g/mol.